The van der Waals surface area contributed by atoms with Gasteiger partial charge in [-0.1, -0.05) is 25.0 Å². The highest BCUT2D eigenvalue weighted by molar-refractivity contribution is 5.86. The van der Waals surface area contributed by atoms with Crippen molar-refractivity contribution in [2.24, 2.45) is 11.7 Å². The lowest BCUT2D eigenvalue weighted by Gasteiger charge is -2.35. The molecule has 0 saturated carbocycles. The lowest BCUT2D eigenvalue weighted by atomic mass is 9.87. The first kappa shape index (κ1) is 24.4. The van der Waals surface area contributed by atoms with Gasteiger partial charge < -0.3 is 20.3 Å². The zero-order valence-electron chi connectivity index (χ0n) is 18.0. The summed E-state index contributed by atoms with van der Waals surface area (Å²) < 4.78 is 11.7. The smallest absolute Gasteiger partial charge is 0.303 e. The van der Waals surface area contributed by atoms with Crippen LogP contribution in [0.2, 0.25) is 0 Å². The molecule has 1 aliphatic heterocycles. The number of allylic oxidation sites excluding steroid dienone is 1. The predicted molar refractivity (Wildman–Crippen MR) is 109 cm³/mol. The summed E-state index contributed by atoms with van der Waals surface area (Å²) in [4.78, 5) is 22.7. The summed E-state index contributed by atoms with van der Waals surface area (Å²) in [5.41, 5.74) is 6.64. The van der Waals surface area contributed by atoms with Crippen molar-refractivity contribution in [3.63, 3.8) is 0 Å². The van der Waals surface area contributed by atoms with E-state index in [1.807, 2.05) is 20.8 Å². The topological polar surface area (TPSA) is 98.9 Å². The van der Waals surface area contributed by atoms with E-state index >= 15 is 0 Å². The number of aliphatic hydroxyl groups excluding tert-OH is 1. The molecule has 2 unspecified atom stereocenters. The van der Waals surface area contributed by atoms with E-state index in [2.05, 4.69) is 13.0 Å². The summed E-state index contributed by atoms with van der Waals surface area (Å²) in [5.74, 6) is -0.666. The minimum atomic E-state index is -0.635. The number of hydrogen-bond acceptors (Lipinski definition) is 5. The van der Waals surface area contributed by atoms with E-state index in [4.69, 9.17) is 15.2 Å². The molecule has 0 aromatic carbocycles. The number of rotatable bonds is 9. The average molecular weight is 396 g/mol. The number of hydrogen-bond donors (Lipinski definition) is 2. The fraction of sp³-hybridized carbons (Fsp3) is 0.727. The molecule has 0 aromatic rings. The van der Waals surface area contributed by atoms with E-state index < -0.39 is 11.5 Å². The van der Waals surface area contributed by atoms with Crippen molar-refractivity contribution >= 4 is 11.9 Å². The van der Waals surface area contributed by atoms with Gasteiger partial charge in [0.05, 0.1) is 12.7 Å². The zero-order chi connectivity index (χ0) is 21.3. The van der Waals surface area contributed by atoms with Crippen LogP contribution < -0.4 is 5.73 Å². The first-order chi connectivity index (χ1) is 13.0. The zero-order valence-corrected chi connectivity index (χ0v) is 18.0. The highest BCUT2D eigenvalue weighted by Gasteiger charge is 2.39. The van der Waals surface area contributed by atoms with Gasteiger partial charge in [-0.3, -0.25) is 9.59 Å². The van der Waals surface area contributed by atoms with E-state index in [0.717, 1.165) is 18.4 Å². The molecule has 0 aromatic heterocycles. The van der Waals surface area contributed by atoms with Crippen LogP contribution >= 0.6 is 0 Å². The second-order valence-corrected chi connectivity index (χ2v) is 8.40. The maximum atomic E-state index is 11.6. The third-order valence-corrected chi connectivity index (χ3v) is 5.41. The molecule has 0 spiro atoms. The Labute approximate surface area is 169 Å². The minimum absolute atomic E-state index is 0.169. The molecule has 0 bridgehead atoms. The second-order valence-electron chi connectivity index (χ2n) is 8.40. The van der Waals surface area contributed by atoms with Gasteiger partial charge in [0.15, 0.2) is 0 Å². The molecule has 4 atom stereocenters. The number of amides is 1. The number of esters is 1. The van der Waals surface area contributed by atoms with Gasteiger partial charge in [0, 0.05) is 13.0 Å². The fourth-order valence-corrected chi connectivity index (χ4v) is 3.53. The lowest BCUT2D eigenvalue weighted by molar-refractivity contribution is -0.167. The van der Waals surface area contributed by atoms with Gasteiger partial charge in [-0.05, 0) is 64.4 Å². The Morgan fingerprint density at radius 3 is 2.64 bits per heavy atom. The molecule has 0 radical (unpaired) electrons. The van der Waals surface area contributed by atoms with Gasteiger partial charge in [-0.25, -0.2) is 0 Å². The number of ether oxygens (including phenoxy) is 2. The molecule has 1 aliphatic rings. The van der Waals surface area contributed by atoms with Crippen molar-refractivity contribution in [1.82, 2.24) is 0 Å². The fourth-order valence-electron chi connectivity index (χ4n) is 3.53. The van der Waals surface area contributed by atoms with Crippen LogP contribution in [0.1, 0.15) is 73.1 Å². The monoisotopic (exact) mass is 395 g/mol. The first-order valence-electron chi connectivity index (χ1n) is 10.1. The summed E-state index contributed by atoms with van der Waals surface area (Å²) in [6, 6.07) is 0. The van der Waals surface area contributed by atoms with Gasteiger partial charge in [0.2, 0.25) is 5.91 Å². The Morgan fingerprint density at radius 2 is 2.07 bits per heavy atom. The van der Waals surface area contributed by atoms with Crippen LogP contribution in [-0.4, -0.2) is 41.4 Å². The van der Waals surface area contributed by atoms with E-state index in [1.54, 1.807) is 0 Å². The molecular formula is C22H37NO5. The van der Waals surface area contributed by atoms with Gasteiger partial charge in [0.1, 0.15) is 11.7 Å². The molecule has 1 heterocycles. The van der Waals surface area contributed by atoms with Crippen LogP contribution in [0.5, 0.6) is 0 Å². The lowest BCUT2D eigenvalue weighted by Crippen LogP contribution is -2.43. The Kier molecular flexibility index (Phi) is 9.90. The standard InChI is InChI=1S/C22H37NO5/c1-15(2)8-10-19(25)16(3)7-6-12-22(5)20(28-17(4)24)11-9-18(14-27-22)13-21(23)26/h8,13,16,19-20,25H,6-7,9-12,14H2,1-5H3,(H2,23,26)/b18-13+/t16?,19?,20-,22+/m1/s1. The third-order valence-electron chi connectivity index (χ3n) is 5.41. The van der Waals surface area contributed by atoms with Crippen molar-refractivity contribution < 1.29 is 24.2 Å². The average Bonchev–Trinajstić information content (AvgIpc) is 2.72. The molecule has 1 fully saturated rings. The molecule has 6 nitrogen and oxygen atoms in total. The molecule has 28 heavy (non-hydrogen) atoms. The number of primary amides is 1. The van der Waals surface area contributed by atoms with Crippen LogP contribution in [0.25, 0.3) is 0 Å². The highest BCUT2D eigenvalue weighted by Crippen LogP contribution is 2.34. The SMILES string of the molecule is CC(=O)O[C@@H]1CC/C(=C\C(N)=O)CO[C@@]1(C)CCCC(C)C(O)CC=C(C)C. The predicted octanol–water partition coefficient (Wildman–Crippen LogP) is 3.42. The number of carbonyl (C=O) groups excluding carboxylic acids is 2. The molecule has 3 N–H and O–H groups in total. The minimum Gasteiger partial charge on any atom is -0.459 e. The van der Waals surface area contributed by atoms with Crippen LogP contribution in [0.3, 0.4) is 0 Å². The van der Waals surface area contributed by atoms with E-state index in [1.165, 1.54) is 18.6 Å². The highest BCUT2D eigenvalue weighted by atomic mass is 16.6. The Hall–Kier alpha value is -1.66. The van der Waals surface area contributed by atoms with Gasteiger partial charge in [-0.15, -0.1) is 0 Å². The normalized spacial score (nSPS) is 26.2. The maximum absolute atomic E-state index is 11.6. The summed E-state index contributed by atoms with van der Waals surface area (Å²) >= 11 is 0. The van der Waals surface area contributed by atoms with Crippen LogP contribution in [0.15, 0.2) is 23.3 Å². The van der Waals surface area contributed by atoms with Crippen LogP contribution in [0, 0.1) is 5.92 Å². The van der Waals surface area contributed by atoms with E-state index in [-0.39, 0.29) is 24.1 Å². The Morgan fingerprint density at radius 1 is 1.39 bits per heavy atom. The molecule has 160 valence electrons. The molecule has 1 rings (SSSR count). The van der Waals surface area contributed by atoms with Crippen molar-refractivity contribution in [3.8, 4) is 0 Å². The van der Waals surface area contributed by atoms with Crippen molar-refractivity contribution in [1.29, 1.82) is 0 Å². The molecule has 6 heteroatoms. The van der Waals surface area contributed by atoms with Gasteiger partial charge >= 0.3 is 5.97 Å². The Bertz CT molecular complexity index is 594. The summed E-state index contributed by atoms with van der Waals surface area (Å²) in [5, 5.41) is 10.3. The number of aliphatic hydroxyl groups is 1. The maximum Gasteiger partial charge on any atom is 0.303 e. The molecule has 0 aliphatic carbocycles. The Balaban J connectivity index is 2.72. The summed E-state index contributed by atoms with van der Waals surface area (Å²) in [7, 11) is 0. The molecule has 1 saturated heterocycles. The van der Waals surface area contributed by atoms with E-state index in [9.17, 15) is 14.7 Å². The second kappa shape index (κ2) is 11.4. The summed E-state index contributed by atoms with van der Waals surface area (Å²) in [6.45, 7) is 9.76. The number of carbonyl (C=O) groups is 2. The first-order valence-corrected chi connectivity index (χ1v) is 10.1. The van der Waals surface area contributed by atoms with Crippen LogP contribution in [0.4, 0.5) is 0 Å². The quantitative estimate of drug-likeness (QED) is 0.354. The van der Waals surface area contributed by atoms with Crippen LogP contribution in [-0.2, 0) is 19.1 Å². The third kappa shape index (κ3) is 8.57. The molecule has 1 amide bonds. The largest absolute Gasteiger partial charge is 0.459 e. The number of nitrogens with two attached hydrogens (primary N) is 1. The van der Waals surface area contributed by atoms with Crippen molar-refractivity contribution in [2.75, 3.05) is 6.61 Å². The molecular weight excluding hydrogens is 358 g/mol. The van der Waals surface area contributed by atoms with Crippen molar-refractivity contribution in [3.05, 3.63) is 23.3 Å². The van der Waals surface area contributed by atoms with Gasteiger partial charge in [-0.2, -0.15) is 0 Å². The van der Waals surface area contributed by atoms with Crippen molar-refractivity contribution in [2.45, 2.75) is 91.0 Å². The summed E-state index contributed by atoms with van der Waals surface area (Å²) in [6.07, 6.45) is 6.97. The van der Waals surface area contributed by atoms with Gasteiger partial charge in [0.25, 0.3) is 0 Å². The van der Waals surface area contributed by atoms with E-state index in [0.29, 0.717) is 32.3 Å².